The number of hydrogen-bond acceptors (Lipinski definition) is 3. The molecule has 0 aliphatic heterocycles. The molecule has 6 nitrogen and oxygen atoms in total. The number of rotatable bonds is 3. The van der Waals surface area contributed by atoms with E-state index in [0.29, 0.717) is 12.4 Å². The van der Waals surface area contributed by atoms with E-state index < -0.39 is 0 Å². The quantitative estimate of drug-likeness (QED) is 0.882. The van der Waals surface area contributed by atoms with Crippen molar-refractivity contribution in [1.29, 1.82) is 0 Å². The first-order valence-corrected chi connectivity index (χ1v) is 6.02. The number of carbonyl (C=O) groups excluding carboxylic acids is 1. The van der Waals surface area contributed by atoms with Crippen LogP contribution in [-0.2, 0) is 13.6 Å². The van der Waals surface area contributed by atoms with Gasteiger partial charge in [0.1, 0.15) is 0 Å². The smallest absolute Gasteiger partial charge is 0.320 e. The van der Waals surface area contributed by atoms with Gasteiger partial charge in [0.05, 0.1) is 0 Å². The van der Waals surface area contributed by atoms with E-state index in [1.54, 1.807) is 10.9 Å². The average Bonchev–Trinajstić information content (AvgIpc) is 2.67. The number of aromatic nitrogens is 3. The summed E-state index contributed by atoms with van der Waals surface area (Å²) in [4.78, 5) is 15.9. The molecule has 0 fully saturated rings. The predicted molar refractivity (Wildman–Crippen MR) is 72.8 cm³/mol. The van der Waals surface area contributed by atoms with Crippen molar-refractivity contribution < 1.29 is 4.79 Å². The van der Waals surface area contributed by atoms with Crippen LogP contribution in [-0.4, -0.2) is 20.8 Å². The first-order valence-electron chi connectivity index (χ1n) is 6.02. The molecule has 0 aromatic carbocycles. The molecule has 2 aromatic rings. The van der Waals surface area contributed by atoms with E-state index in [0.717, 1.165) is 16.8 Å². The Morgan fingerprint density at radius 3 is 2.84 bits per heavy atom. The highest BCUT2D eigenvalue weighted by atomic mass is 16.2. The summed E-state index contributed by atoms with van der Waals surface area (Å²) in [5.41, 5.74) is 2.84. The van der Waals surface area contributed by atoms with Gasteiger partial charge in [-0.05, 0) is 25.5 Å². The molecule has 0 aliphatic carbocycles. The van der Waals surface area contributed by atoms with Crippen molar-refractivity contribution in [2.45, 2.75) is 20.4 Å². The molecule has 2 rings (SSSR count). The van der Waals surface area contributed by atoms with Crippen molar-refractivity contribution in [2.75, 3.05) is 5.32 Å². The molecule has 0 saturated heterocycles. The van der Waals surface area contributed by atoms with Crippen LogP contribution in [0.1, 0.15) is 16.8 Å². The summed E-state index contributed by atoms with van der Waals surface area (Å²) in [6.07, 6.45) is 3.58. The van der Waals surface area contributed by atoms with Gasteiger partial charge in [0.25, 0.3) is 0 Å². The van der Waals surface area contributed by atoms with E-state index >= 15 is 0 Å². The van der Waals surface area contributed by atoms with E-state index in [-0.39, 0.29) is 6.03 Å². The van der Waals surface area contributed by atoms with Gasteiger partial charge in [-0.15, -0.1) is 0 Å². The molecule has 2 aromatic heterocycles. The molecule has 2 heterocycles. The van der Waals surface area contributed by atoms with Crippen LogP contribution in [0.5, 0.6) is 0 Å². The Morgan fingerprint density at radius 2 is 2.21 bits per heavy atom. The van der Waals surface area contributed by atoms with Crippen molar-refractivity contribution in [3.63, 3.8) is 0 Å². The molecule has 19 heavy (non-hydrogen) atoms. The number of nitrogens with zero attached hydrogens (tertiary/aromatic N) is 3. The van der Waals surface area contributed by atoms with Crippen LogP contribution in [0.25, 0.3) is 0 Å². The van der Waals surface area contributed by atoms with E-state index in [9.17, 15) is 4.79 Å². The lowest BCUT2D eigenvalue weighted by atomic mass is 10.2. The Labute approximate surface area is 111 Å². The molecule has 0 unspecified atom stereocenters. The van der Waals surface area contributed by atoms with Crippen molar-refractivity contribution in [3.8, 4) is 0 Å². The van der Waals surface area contributed by atoms with Crippen molar-refractivity contribution in [2.24, 2.45) is 7.05 Å². The van der Waals surface area contributed by atoms with Crippen LogP contribution in [0.4, 0.5) is 10.6 Å². The van der Waals surface area contributed by atoms with Gasteiger partial charge in [-0.25, -0.2) is 4.79 Å². The van der Waals surface area contributed by atoms with E-state index in [2.05, 4.69) is 20.7 Å². The minimum absolute atomic E-state index is 0.273. The van der Waals surface area contributed by atoms with Crippen LogP contribution < -0.4 is 10.6 Å². The maximum absolute atomic E-state index is 11.8. The zero-order valence-corrected chi connectivity index (χ0v) is 11.3. The average molecular weight is 259 g/mol. The van der Waals surface area contributed by atoms with Crippen LogP contribution in [0.2, 0.25) is 0 Å². The fraction of sp³-hybridized carbons (Fsp3) is 0.308. The summed E-state index contributed by atoms with van der Waals surface area (Å²) >= 11 is 0. The summed E-state index contributed by atoms with van der Waals surface area (Å²) in [5, 5.41) is 9.66. The molecule has 0 aliphatic rings. The summed E-state index contributed by atoms with van der Waals surface area (Å²) in [7, 11) is 1.81. The molecule has 0 radical (unpaired) electrons. The highest BCUT2D eigenvalue weighted by Gasteiger charge is 2.08. The van der Waals surface area contributed by atoms with E-state index in [1.165, 1.54) is 0 Å². The van der Waals surface area contributed by atoms with E-state index in [4.69, 9.17) is 0 Å². The van der Waals surface area contributed by atoms with Gasteiger partial charge < -0.3 is 5.32 Å². The van der Waals surface area contributed by atoms with Crippen LogP contribution >= 0.6 is 0 Å². The molecular weight excluding hydrogens is 242 g/mol. The van der Waals surface area contributed by atoms with Crippen molar-refractivity contribution >= 4 is 11.8 Å². The number of anilines is 1. The largest absolute Gasteiger partial charge is 0.334 e. The fourth-order valence-electron chi connectivity index (χ4n) is 1.76. The Kier molecular flexibility index (Phi) is 3.79. The van der Waals surface area contributed by atoms with Gasteiger partial charge >= 0.3 is 6.03 Å². The fourth-order valence-corrected chi connectivity index (χ4v) is 1.76. The summed E-state index contributed by atoms with van der Waals surface area (Å²) < 4.78 is 1.66. The standard InChI is InChI=1S/C13H17N5O/c1-9-8-18(3)17-12(9)16-13(19)15-7-11-5-4-6-14-10(11)2/h4-6,8H,7H2,1-3H3,(H2,15,16,17,19). The Hall–Kier alpha value is -2.37. The highest BCUT2D eigenvalue weighted by molar-refractivity contribution is 5.88. The van der Waals surface area contributed by atoms with Gasteiger partial charge in [0.15, 0.2) is 5.82 Å². The summed E-state index contributed by atoms with van der Waals surface area (Å²) in [6, 6.07) is 3.52. The van der Waals surface area contributed by atoms with Crippen molar-refractivity contribution in [1.82, 2.24) is 20.1 Å². The molecular formula is C13H17N5O. The minimum Gasteiger partial charge on any atom is -0.334 e. The molecule has 2 N–H and O–H groups in total. The molecule has 6 heteroatoms. The van der Waals surface area contributed by atoms with Gasteiger partial charge in [-0.2, -0.15) is 5.10 Å². The Morgan fingerprint density at radius 1 is 1.42 bits per heavy atom. The number of pyridine rings is 1. The zero-order valence-electron chi connectivity index (χ0n) is 11.3. The van der Waals surface area contributed by atoms with E-state index in [1.807, 2.05) is 39.2 Å². The van der Waals surface area contributed by atoms with Gasteiger partial charge in [0, 0.05) is 37.2 Å². The molecule has 2 amide bonds. The lowest BCUT2D eigenvalue weighted by molar-refractivity contribution is 0.251. The molecule has 0 bridgehead atoms. The Bertz CT molecular complexity index is 590. The first-order chi connectivity index (χ1) is 9.06. The SMILES string of the molecule is Cc1cn(C)nc1NC(=O)NCc1cccnc1C. The number of amides is 2. The van der Waals surface area contributed by atoms with Gasteiger partial charge in [0.2, 0.25) is 0 Å². The summed E-state index contributed by atoms with van der Waals surface area (Å²) in [5.74, 6) is 0.572. The maximum atomic E-state index is 11.8. The maximum Gasteiger partial charge on any atom is 0.320 e. The van der Waals surface area contributed by atoms with Crippen LogP contribution in [0.15, 0.2) is 24.5 Å². The third-order valence-electron chi connectivity index (χ3n) is 2.80. The second kappa shape index (κ2) is 5.51. The van der Waals surface area contributed by atoms with Gasteiger partial charge in [-0.3, -0.25) is 15.0 Å². The first kappa shape index (κ1) is 13.1. The number of nitrogens with one attached hydrogen (secondary N) is 2. The third kappa shape index (κ3) is 3.31. The summed E-state index contributed by atoms with van der Waals surface area (Å²) in [6.45, 7) is 4.25. The number of aryl methyl sites for hydroxylation is 3. The van der Waals surface area contributed by atoms with Crippen LogP contribution in [0.3, 0.4) is 0 Å². The number of urea groups is 1. The third-order valence-corrected chi connectivity index (χ3v) is 2.80. The lowest BCUT2D eigenvalue weighted by Gasteiger charge is -2.07. The molecule has 0 saturated carbocycles. The molecule has 100 valence electrons. The van der Waals surface area contributed by atoms with Crippen molar-refractivity contribution in [3.05, 3.63) is 41.3 Å². The Balaban J connectivity index is 1.92. The highest BCUT2D eigenvalue weighted by Crippen LogP contribution is 2.10. The van der Waals surface area contributed by atoms with Crippen LogP contribution in [0, 0.1) is 13.8 Å². The zero-order chi connectivity index (χ0) is 13.8. The monoisotopic (exact) mass is 259 g/mol. The van der Waals surface area contributed by atoms with Gasteiger partial charge in [-0.1, -0.05) is 6.07 Å². The second-order valence-electron chi connectivity index (χ2n) is 4.39. The topological polar surface area (TPSA) is 71.8 Å². The normalized spacial score (nSPS) is 10.3. The predicted octanol–water partition coefficient (Wildman–Crippen LogP) is 1.75. The number of hydrogen-bond donors (Lipinski definition) is 2. The second-order valence-corrected chi connectivity index (χ2v) is 4.39. The number of carbonyl (C=O) groups is 1. The lowest BCUT2D eigenvalue weighted by Crippen LogP contribution is -2.29. The minimum atomic E-state index is -0.273. The molecule has 0 spiro atoms. The molecule has 0 atom stereocenters.